The predicted octanol–water partition coefficient (Wildman–Crippen LogP) is 0.0359. The second kappa shape index (κ2) is 11.1. The number of rotatable bonds is 8. The van der Waals surface area contributed by atoms with Crippen molar-refractivity contribution in [1.29, 1.82) is 0 Å². The Hall–Kier alpha value is -1.47. The van der Waals surface area contributed by atoms with E-state index < -0.39 is 4.92 Å². The van der Waals surface area contributed by atoms with Gasteiger partial charge in [-0.1, -0.05) is 0 Å². The monoisotopic (exact) mass is 453 g/mol. The summed E-state index contributed by atoms with van der Waals surface area (Å²) in [5, 5.41) is 17.4. The molecule has 0 amide bonds. The van der Waals surface area contributed by atoms with Crippen molar-refractivity contribution in [3.05, 3.63) is 22.5 Å². The minimum atomic E-state index is -0.471. The Labute approximate surface area is 157 Å². The number of guanidine groups is 1. The molecule has 0 aliphatic carbocycles. The largest absolute Gasteiger partial charge is 0.379 e. The van der Waals surface area contributed by atoms with Crippen LogP contribution in [-0.2, 0) is 11.3 Å². The van der Waals surface area contributed by atoms with Gasteiger partial charge in [-0.3, -0.25) is 24.7 Å². The number of nitrogens with two attached hydrogens (primary N) is 1. The van der Waals surface area contributed by atoms with Gasteiger partial charge in [-0.05, 0) is 6.42 Å². The molecule has 1 aliphatic heterocycles. The minimum absolute atomic E-state index is 0. The third-order valence-electron chi connectivity index (χ3n) is 3.50. The molecule has 0 atom stereocenters. The van der Waals surface area contributed by atoms with Gasteiger partial charge in [-0.2, -0.15) is 5.10 Å². The highest BCUT2D eigenvalue weighted by molar-refractivity contribution is 14.0. The molecule has 0 radical (unpaired) electrons. The summed E-state index contributed by atoms with van der Waals surface area (Å²) in [6.45, 7) is 6.23. The topological polar surface area (TPSA) is 124 Å². The first kappa shape index (κ1) is 20.6. The van der Waals surface area contributed by atoms with Crippen molar-refractivity contribution in [2.45, 2.75) is 13.0 Å². The maximum Gasteiger partial charge on any atom is 0.306 e. The summed E-state index contributed by atoms with van der Waals surface area (Å²) < 4.78 is 6.79. The third kappa shape index (κ3) is 7.40. The van der Waals surface area contributed by atoms with Gasteiger partial charge in [0.2, 0.25) is 0 Å². The highest BCUT2D eigenvalue weighted by Gasteiger charge is 2.09. The molecule has 2 heterocycles. The molecule has 0 saturated carbocycles. The average Bonchev–Trinajstić information content (AvgIpc) is 3.02. The SMILES string of the molecule is I.NC(=NCCCN1CCOCC1)NCCn1cc([N+](=O)[O-])cn1. The molecule has 11 heteroatoms. The highest BCUT2D eigenvalue weighted by Crippen LogP contribution is 2.06. The van der Waals surface area contributed by atoms with Crippen LogP contribution in [0.4, 0.5) is 5.69 Å². The van der Waals surface area contributed by atoms with Crippen LogP contribution in [0.25, 0.3) is 0 Å². The molecule has 1 fully saturated rings. The van der Waals surface area contributed by atoms with E-state index in [0.29, 0.717) is 25.6 Å². The van der Waals surface area contributed by atoms with Gasteiger partial charge in [-0.15, -0.1) is 24.0 Å². The van der Waals surface area contributed by atoms with Crippen molar-refractivity contribution in [3.8, 4) is 0 Å². The van der Waals surface area contributed by atoms with Crippen molar-refractivity contribution in [1.82, 2.24) is 20.0 Å². The van der Waals surface area contributed by atoms with Crippen molar-refractivity contribution in [2.24, 2.45) is 10.7 Å². The van der Waals surface area contributed by atoms with Crippen molar-refractivity contribution < 1.29 is 9.66 Å². The molecular weight excluding hydrogens is 429 g/mol. The smallest absolute Gasteiger partial charge is 0.306 e. The first-order valence-electron chi connectivity index (χ1n) is 7.66. The van der Waals surface area contributed by atoms with Crippen LogP contribution in [0.1, 0.15) is 6.42 Å². The summed E-state index contributed by atoms with van der Waals surface area (Å²) in [5.74, 6) is 0.383. The number of nitro groups is 1. The third-order valence-corrected chi connectivity index (χ3v) is 3.50. The number of halogens is 1. The lowest BCUT2D eigenvalue weighted by atomic mass is 10.3. The van der Waals surface area contributed by atoms with Crippen LogP contribution in [0, 0.1) is 10.1 Å². The predicted molar refractivity (Wildman–Crippen MR) is 101 cm³/mol. The van der Waals surface area contributed by atoms with Crippen LogP contribution in [0.5, 0.6) is 0 Å². The summed E-state index contributed by atoms with van der Waals surface area (Å²) in [4.78, 5) is 16.7. The van der Waals surface area contributed by atoms with E-state index in [1.807, 2.05) is 0 Å². The minimum Gasteiger partial charge on any atom is -0.379 e. The fraction of sp³-hybridized carbons (Fsp3) is 0.692. The van der Waals surface area contributed by atoms with Crippen LogP contribution in [0.2, 0.25) is 0 Å². The molecule has 1 aliphatic rings. The summed E-state index contributed by atoms with van der Waals surface area (Å²) in [6, 6.07) is 0. The summed E-state index contributed by atoms with van der Waals surface area (Å²) in [5.41, 5.74) is 5.76. The highest BCUT2D eigenvalue weighted by atomic mass is 127. The Morgan fingerprint density at radius 1 is 1.46 bits per heavy atom. The zero-order valence-corrected chi connectivity index (χ0v) is 15.8. The van der Waals surface area contributed by atoms with Crippen LogP contribution >= 0.6 is 24.0 Å². The van der Waals surface area contributed by atoms with E-state index in [2.05, 4.69) is 20.3 Å². The maximum absolute atomic E-state index is 10.5. The summed E-state index contributed by atoms with van der Waals surface area (Å²) in [7, 11) is 0. The molecule has 2 rings (SSSR count). The molecule has 0 spiro atoms. The first-order valence-corrected chi connectivity index (χ1v) is 7.66. The Morgan fingerprint density at radius 3 is 2.88 bits per heavy atom. The molecule has 1 aromatic heterocycles. The standard InChI is InChI=1S/C13H23N7O3.HI/c14-13(15-2-1-4-18-6-8-23-9-7-18)16-3-5-19-11-12(10-17-19)20(21)22;/h10-11H,1-9H2,(H3,14,15,16);1H. The van der Waals surface area contributed by atoms with Gasteiger partial charge >= 0.3 is 5.69 Å². The van der Waals surface area contributed by atoms with Crippen molar-refractivity contribution in [2.75, 3.05) is 45.9 Å². The van der Waals surface area contributed by atoms with E-state index in [1.165, 1.54) is 17.1 Å². The molecule has 10 nitrogen and oxygen atoms in total. The first-order chi connectivity index (χ1) is 11.1. The second-order valence-electron chi connectivity index (χ2n) is 5.22. The fourth-order valence-corrected chi connectivity index (χ4v) is 2.24. The van der Waals surface area contributed by atoms with Gasteiger partial charge in [0, 0.05) is 32.7 Å². The normalized spacial score (nSPS) is 15.8. The van der Waals surface area contributed by atoms with Crippen LogP contribution in [-0.4, -0.2) is 71.5 Å². The zero-order valence-electron chi connectivity index (χ0n) is 13.5. The maximum atomic E-state index is 10.5. The van der Waals surface area contributed by atoms with Crippen LogP contribution < -0.4 is 11.1 Å². The van der Waals surface area contributed by atoms with E-state index in [1.54, 1.807) is 0 Å². The molecular formula is C13H24IN7O3. The van der Waals surface area contributed by atoms with E-state index in [4.69, 9.17) is 10.5 Å². The summed E-state index contributed by atoms with van der Waals surface area (Å²) in [6.07, 6.45) is 3.56. The van der Waals surface area contributed by atoms with Crippen molar-refractivity contribution >= 4 is 35.6 Å². The molecule has 0 aromatic carbocycles. The molecule has 3 N–H and O–H groups in total. The number of aliphatic imine (C=N–C) groups is 1. The van der Waals surface area contributed by atoms with Crippen LogP contribution in [0.3, 0.4) is 0 Å². The Balaban J connectivity index is 0.00000288. The number of ether oxygens (including phenoxy) is 1. The Bertz CT molecular complexity index is 531. The van der Waals surface area contributed by atoms with Gasteiger partial charge in [0.05, 0.1) is 24.7 Å². The number of hydrogen-bond donors (Lipinski definition) is 2. The lowest BCUT2D eigenvalue weighted by Crippen LogP contribution is -2.37. The van der Waals surface area contributed by atoms with Gasteiger partial charge in [0.25, 0.3) is 0 Å². The van der Waals surface area contributed by atoms with Gasteiger partial charge in [-0.25, -0.2) is 0 Å². The Kier molecular flexibility index (Phi) is 9.56. The van der Waals surface area contributed by atoms with Crippen LogP contribution in [0.15, 0.2) is 17.4 Å². The number of aromatic nitrogens is 2. The lowest BCUT2D eigenvalue weighted by molar-refractivity contribution is -0.385. The summed E-state index contributed by atoms with van der Waals surface area (Å²) >= 11 is 0. The van der Waals surface area contributed by atoms with E-state index in [9.17, 15) is 10.1 Å². The number of nitrogens with one attached hydrogen (secondary N) is 1. The fourth-order valence-electron chi connectivity index (χ4n) is 2.24. The molecule has 0 bridgehead atoms. The number of hydrogen-bond acceptors (Lipinski definition) is 6. The molecule has 1 aromatic rings. The molecule has 1 saturated heterocycles. The average molecular weight is 453 g/mol. The van der Waals surface area contributed by atoms with Gasteiger partial charge in [0.1, 0.15) is 12.4 Å². The molecule has 0 unspecified atom stereocenters. The van der Waals surface area contributed by atoms with E-state index in [0.717, 1.165) is 39.3 Å². The molecule has 24 heavy (non-hydrogen) atoms. The van der Waals surface area contributed by atoms with E-state index in [-0.39, 0.29) is 29.7 Å². The quantitative estimate of drug-likeness (QED) is 0.142. The van der Waals surface area contributed by atoms with Crippen molar-refractivity contribution in [3.63, 3.8) is 0 Å². The molecule has 136 valence electrons. The number of morpholine rings is 1. The van der Waals surface area contributed by atoms with Gasteiger partial charge < -0.3 is 15.8 Å². The number of nitrogens with zero attached hydrogens (tertiary/aromatic N) is 5. The lowest BCUT2D eigenvalue weighted by Gasteiger charge is -2.26. The Morgan fingerprint density at radius 2 is 2.21 bits per heavy atom. The van der Waals surface area contributed by atoms with Gasteiger partial charge in [0.15, 0.2) is 5.96 Å². The van der Waals surface area contributed by atoms with E-state index >= 15 is 0 Å². The second-order valence-corrected chi connectivity index (χ2v) is 5.22. The zero-order chi connectivity index (χ0) is 16.5.